The van der Waals surface area contributed by atoms with Gasteiger partial charge in [0.1, 0.15) is 0 Å². The first kappa shape index (κ1) is 15.2. The lowest BCUT2D eigenvalue weighted by Gasteiger charge is -2.19. The topological polar surface area (TPSA) is 83.6 Å². The summed E-state index contributed by atoms with van der Waals surface area (Å²) >= 11 is 0. The lowest BCUT2D eigenvalue weighted by atomic mass is 10.0. The number of carboxylic acid groups (broad SMARTS) is 1. The van der Waals surface area contributed by atoms with E-state index in [2.05, 4.69) is 0 Å². The van der Waals surface area contributed by atoms with Gasteiger partial charge in [-0.25, -0.2) is 4.79 Å². The molecule has 1 amide bonds. The summed E-state index contributed by atoms with van der Waals surface area (Å²) < 4.78 is 0. The van der Waals surface area contributed by atoms with Crippen molar-refractivity contribution in [2.45, 2.75) is 13.3 Å². The second-order valence-electron chi connectivity index (χ2n) is 4.78. The Balaban J connectivity index is 2.57. The summed E-state index contributed by atoms with van der Waals surface area (Å²) in [5, 5.41) is 9.07. The number of hydrogen-bond donors (Lipinski definition) is 2. The zero-order chi connectivity index (χ0) is 14.4. The highest BCUT2D eigenvalue weighted by molar-refractivity contribution is 5.89. The largest absolute Gasteiger partial charge is 0.478 e. The molecule has 5 heteroatoms. The highest BCUT2D eigenvalue weighted by Gasteiger charge is 2.13. The third-order valence-electron chi connectivity index (χ3n) is 3.08. The minimum Gasteiger partial charge on any atom is -0.478 e. The molecule has 3 N–H and O–H groups in total. The third kappa shape index (κ3) is 4.71. The van der Waals surface area contributed by atoms with Crippen molar-refractivity contribution < 1.29 is 14.7 Å². The second-order valence-corrected chi connectivity index (χ2v) is 4.78. The van der Waals surface area contributed by atoms with Crippen LogP contribution in [0.4, 0.5) is 0 Å². The first-order valence-electron chi connectivity index (χ1n) is 6.21. The fraction of sp³-hybridized carbons (Fsp3) is 0.429. The molecule has 5 nitrogen and oxygen atoms in total. The van der Waals surface area contributed by atoms with Crippen molar-refractivity contribution in [3.63, 3.8) is 0 Å². The number of nitrogens with zero attached hydrogens (tertiary/aromatic N) is 1. The number of rotatable bonds is 7. The van der Waals surface area contributed by atoms with Gasteiger partial charge in [-0.2, -0.15) is 0 Å². The molecule has 1 aromatic rings. The van der Waals surface area contributed by atoms with Gasteiger partial charge in [-0.3, -0.25) is 4.79 Å². The van der Waals surface area contributed by atoms with Crippen LogP contribution in [0.3, 0.4) is 0 Å². The molecule has 0 radical (unpaired) electrons. The summed E-state index contributed by atoms with van der Waals surface area (Å²) in [5.74, 6) is -1.44. The molecule has 0 saturated heterocycles. The quantitative estimate of drug-likeness (QED) is 0.769. The summed E-state index contributed by atoms with van der Waals surface area (Å²) in [4.78, 5) is 24.0. The maximum atomic E-state index is 11.1. The molecule has 1 unspecified atom stereocenters. The van der Waals surface area contributed by atoms with Crippen LogP contribution in [0, 0.1) is 5.92 Å². The van der Waals surface area contributed by atoms with Gasteiger partial charge in [-0.1, -0.05) is 25.1 Å². The van der Waals surface area contributed by atoms with Crippen LogP contribution >= 0.6 is 0 Å². The Bertz CT molecular complexity index is 460. The van der Waals surface area contributed by atoms with E-state index >= 15 is 0 Å². The summed E-state index contributed by atoms with van der Waals surface area (Å²) in [7, 11) is 1.89. The van der Waals surface area contributed by atoms with Crippen molar-refractivity contribution in [1.82, 2.24) is 4.90 Å². The molecule has 0 aliphatic carbocycles. The van der Waals surface area contributed by atoms with Gasteiger partial charge in [0.05, 0.1) is 5.56 Å². The van der Waals surface area contributed by atoms with Crippen molar-refractivity contribution in [3.8, 4) is 0 Å². The van der Waals surface area contributed by atoms with E-state index in [0.29, 0.717) is 25.1 Å². The first-order chi connectivity index (χ1) is 8.91. The molecule has 1 rings (SSSR count). The number of amides is 1. The molecule has 0 aliphatic rings. The first-order valence-corrected chi connectivity index (χ1v) is 6.21. The molecule has 1 aromatic carbocycles. The molecule has 1 atom stereocenters. The number of primary amides is 1. The van der Waals surface area contributed by atoms with E-state index in [0.717, 1.165) is 5.56 Å². The summed E-state index contributed by atoms with van der Waals surface area (Å²) in [6.07, 6.45) is 0.629. The number of carboxylic acids is 1. The van der Waals surface area contributed by atoms with E-state index in [9.17, 15) is 9.59 Å². The number of hydrogen-bond acceptors (Lipinski definition) is 3. The Morgan fingerprint density at radius 3 is 2.58 bits per heavy atom. The van der Waals surface area contributed by atoms with Gasteiger partial charge in [0.15, 0.2) is 0 Å². The monoisotopic (exact) mass is 264 g/mol. The van der Waals surface area contributed by atoms with Gasteiger partial charge < -0.3 is 15.7 Å². The second kappa shape index (κ2) is 6.89. The van der Waals surface area contributed by atoms with Crippen LogP contribution in [0.25, 0.3) is 0 Å². The zero-order valence-corrected chi connectivity index (χ0v) is 11.3. The SMILES string of the molecule is CC(CN(C)CCc1ccccc1C(=O)O)C(N)=O. The lowest BCUT2D eigenvalue weighted by Crippen LogP contribution is -2.33. The van der Waals surface area contributed by atoms with Gasteiger partial charge in [0.25, 0.3) is 0 Å². The predicted octanol–water partition coefficient (Wildman–Crippen LogP) is 0.980. The van der Waals surface area contributed by atoms with Gasteiger partial charge >= 0.3 is 5.97 Å². The van der Waals surface area contributed by atoms with Crippen molar-refractivity contribution >= 4 is 11.9 Å². The lowest BCUT2D eigenvalue weighted by molar-refractivity contribution is -0.121. The van der Waals surface area contributed by atoms with Crippen molar-refractivity contribution in [1.29, 1.82) is 0 Å². The van der Waals surface area contributed by atoms with E-state index in [4.69, 9.17) is 10.8 Å². The van der Waals surface area contributed by atoms with Gasteiger partial charge in [-0.05, 0) is 25.1 Å². The minimum atomic E-state index is -0.913. The molecule has 0 bridgehead atoms. The average Bonchev–Trinajstić information content (AvgIpc) is 2.36. The van der Waals surface area contributed by atoms with E-state index in [-0.39, 0.29) is 11.8 Å². The average molecular weight is 264 g/mol. The van der Waals surface area contributed by atoms with Crippen LogP contribution in [0.15, 0.2) is 24.3 Å². The van der Waals surface area contributed by atoms with Gasteiger partial charge in [-0.15, -0.1) is 0 Å². The maximum Gasteiger partial charge on any atom is 0.335 e. The number of benzene rings is 1. The van der Waals surface area contributed by atoms with Crippen molar-refractivity contribution in [3.05, 3.63) is 35.4 Å². The highest BCUT2D eigenvalue weighted by atomic mass is 16.4. The smallest absolute Gasteiger partial charge is 0.335 e. The Kier molecular flexibility index (Phi) is 5.51. The number of aromatic carboxylic acids is 1. The zero-order valence-electron chi connectivity index (χ0n) is 11.3. The van der Waals surface area contributed by atoms with Crippen LogP contribution in [-0.4, -0.2) is 42.0 Å². The fourth-order valence-corrected chi connectivity index (χ4v) is 1.91. The van der Waals surface area contributed by atoms with Crippen LogP contribution in [0.2, 0.25) is 0 Å². The third-order valence-corrected chi connectivity index (χ3v) is 3.08. The Morgan fingerprint density at radius 1 is 1.37 bits per heavy atom. The minimum absolute atomic E-state index is 0.209. The fourth-order valence-electron chi connectivity index (χ4n) is 1.91. The van der Waals surface area contributed by atoms with E-state index in [1.807, 2.05) is 24.1 Å². The Hall–Kier alpha value is -1.88. The number of carbonyl (C=O) groups excluding carboxylic acids is 1. The predicted molar refractivity (Wildman–Crippen MR) is 73.0 cm³/mol. The van der Waals surface area contributed by atoms with Crippen LogP contribution in [0.1, 0.15) is 22.8 Å². The highest BCUT2D eigenvalue weighted by Crippen LogP contribution is 2.10. The molecule has 104 valence electrons. The summed E-state index contributed by atoms with van der Waals surface area (Å²) in [5.41, 5.74) is 6.34. The van der Waals surface area contributed by atoms with Gasteiger partial charge in [0.2, 0.25) is 5.91 Å². The molecule has 0 aromatic heterocycles. The van der Waals surface area contributed by atoms with E-state index < -0.39 is 5.97 Å². The molecule has 0 fully saturated rings. The summed E-state index contributed by atoms with van der Waals surface area (Å²) in [6, 6.07) is 6.96. The molecule has 0 aliphatic heterocycles. The standard InChI is InChI=1S/C14H20N2O3/c1-10(13(15)17)9-16(2)8-7-11-5-3-4-6-12(11)14(18)19/h3-6,10H,7-9H2,1-2H3,(H2,15,17)(H,18,19). The maximum absolute atomic E-state index is 11.1. The molecule has 19 heavy (non-hydrogen) atoms. The van der Waals surface area contributed by atoms with Crippen molar-refractivity contribution in [2.24, 2.45) is 11.7 Å². The molecular formula is C14H20N2O3. The van der Waals surface area contributed by atoms with E-state index in [1.165, 1.54) is 0 Å². The normalized spacial score (nSPS) is 12.4. The van der Waals surface area contributed by atoms with Gasteiger partial charge in [0, 0.05) is 19.0 Å². The molecular weight excluding hydrogens is 244 g/mol. The number of carbonyl (C=O) groups is 2. The van der Waals surface area contributed by atoms with Crippen LogP contribution in [0.5, 0.6) is 0 Å². The molecule has 0 saturated carbocycles. The van der Waals surface area contributed by atoms with Crippen molar-refractivity contribution in [2.75, 3.05) is 20.1 Å². The Labute approximate surface area is 113 Å². The molecule has 0 spiro atoms. The van der Waals surface area contributed by atoms with Crippen LogP contribution in [-0.2, 0) is 11.2 Å². The summed E-state index contributed by atoms with van der Waals surface area (Å²) in [6.45, 7) is 3.04. The molecule has 0 heterocycles. The Morgan fingerprint density at radius 2 is 2.00 bits per heavy atom. The number of nitrogens with two attached hydrogens (primary N) is 1. The van der Waals surface area contributed by atoms with Crippen LogP contribution < -0.4 is 5.73 Å². The van der Waals surface area contributed by atoms with E-state index in [1.54, 1.807) is 19.1 Å². The number of likely N-dealkylation sites (N-methyl/N-ethyl adjacent to an activating group) is 1.